The van der Waals surface area contributed by atoms with Gasteiger partial charge in [-0.25, -0.2) is 0 Å². The van der Waals surface area contributed by atoms with Gasteiger partial charge in [0, 0.05) is 53.3 Å². The number of rotatable bonds is 8. The van der Waals surface area contributed by atoms with Crippen LogP contribution < -0.4 is 10.6 Å². The first-order valence-electron chi connectivity index (χ1n) is 10.5. The third-order valence-electron chi connectivity index (χ3n) is 5.82. The number of hydrogen-bond acceptors (Lipinski definition) is 3. The predicted molar refractivity (Wildman–Crippen MR) is 124 cm³/mol. The second-order valence-corrected chi connectivity index (χ2v) is 8.91. The number of carbonyl (C=O) groups is 2. The number of H-pyrrole nitrogens is 1. The van der Waals surface area contributed by atoms with Gasteiger partial charge < -0.3 is 20.5 Å². The van der Waals surface area contributed by atoms with Crippen molar-refractivity contribution in [3.63, 3.8) is 0 Å². The Morgan fingerprint density at radius 1 is 1.00 bits per heavy atom. The summed E-state index contributed by atoms with van der Waals surface area (Å²) in [5.74, 6) is -0.331. The van der Waals surface area contributed by atoms with Crippen LogP contribution in [0.4, 0.5) is 0 Å². The van der Waals surface area contributed by atoms with Crippen LogP contribution in [0.5, 0.6) is 0 Å². The summed E-state index contributed by atoms with van der Waals surface area (Å²) >= 11 is 6.07. The summed E-state index contributed by atoms with van der Waals surface area (Å²) in [6.45, 7) is 1.73. The van der Waals surface area contributed by atoms with E-state index in [1.54, 1.807) is 18.3 Å². The molecular weight excluding hydrogens is 412 g/mol. The standard InChI is InChI=1S/C24H27ClN4O2/c1-29(2)15-24(9-10-24)18-6-3-16(4-7-18)22(30)26-11-12-27-23(31)17-5-8-19-20(25)14-28-21(19)13-17/h3-8,13-14,28H,9-12,15H2,1-2H3,(H,26,30)(H,27,31). The fourth-order valence-electron chi connectivity index (χ4n) is 4.06. The van der Waals surface area contributed by atoms with E-state index in [2.05, 4.69) is 46.7 Å². The number of hydrogen-bond donors (Lipinski definition) is 3. The van der Waals surface area contributed by atoms with E-state index in [1.807, 2.05) is 18.2 Å². The van der Waals surface area contributed by atoms with Gasteiger partial charge in [-0.1, -0.05) is 29.8 Å². The molecule has 1 aliphatic rings. The van der Waals surface area contributed by atoms with Crippen LogP contribution in [0.2, 0.25) is 5.02 Å². The maximum Gasteiger partial charge on any atom is 0.251 e. The maximum absolute atomic E-state index is 12.4. The fraction of sp³-hybridized carbons (Fsp3) is 0.333. The van der Waals surface area contributed by atoms with Gasteiger partial charge in [0.25, 0.3) is 11.8 Å². The minimum atomic E-state index is -0.193. The van der Waals surface area contributed by atoms with Crippen molar-refractivity contribution in [2.45, 2.75) is 18.3 Å². The van der Waals surface area contributed by atoms with Crippen LogP contribution in [0, 0.1) is 0 Å². The van der Waals surface area contributed by atoms with E-state index < -0.39 is 0 Å². The molecule has 1 saturated carbocycles. The Hall–Kier alpha value is -2.83. The van der Waals surface area contributed by atoms with Gasteiger partial charge in [0.2, 0.25) is 0 Å². The van der Waals surface area contributed by atoms with E-state index in [9.17, 15) is 9.59 Å². The number of nitrogens with zero attached hydrogens (tertiary/aromatic N) is 1. The number of nitrogens with one attached hydrogen (secondary N) is 3. The van der Waals surface area contributed by atoms with Crippen molar-refractivity contribution in [1.82, 2.24) is 20.5 Å². The lowest BCUT2D eigenvalue weighted by molar-refractivity contribution is 0.0927. The molecule has 7 heteroatoms. The van der Waals surface area contributed by atoms with Gasteiger partial charge in [0.05, 0.1) is 5.02 Å². The van der Waals surface area contributed by atoms with Crippen molar-refractivity contribution in [3.05, 3.63) is 70.4 Å². The number of halogens is 1. The Morgan fingerprint density at radius 2 is 1.61 bits per heavy atom. The van der Waals surface area contributed by atoms with Crippen LogP contribution >= 0.6 is 11.6 Å². The van der Waals surface area contributed by atoms with Crippen molar-refractivity contribution in [2.75, 3.05) is 33.7 Å². The summed E-state index contributed by atoms with van der Waals surface area (Å²) in [5, 5.41) is 7.19. The van der Waals surface area contributed by atoms with Crippen LogP contribution in [-0.4, -0.2) is 55.4 Å². The van der Waals surface area contributed by atoms with Crippen LogP contribution in [0.1, 0.15) is 39.1 Å². The summed E-state index contributed by atoms with van der Waals surface area (Å²) in [4.78, 5) is 30.0. The highest BCUT2D eigenvalue weighted by Gasteiger charge is 2.44. The van der Waals surface area contributed by atoms with E-state index in [1.165, 1.54) is 18.4 Å². The summed E-state index contributed by atoms with van der Waals surface area (Å²) in [6.07, 6.45) is 4.09. The molecule has 1 aromatic heterocycles. The molecule has 2 amide bonds. The molecule has 0 bridgehead atoms. The normalized spacial score (nSPS) is 14.6. The molecule has 0 aliphatic heterocycles. The molecular formula is C24H27ClN4O2. The average Bonchev–Trinajstić information content (AvgIpc) is 3.45. The Kier molecular flexibility index (Phi) is 6.03. The van der Waals surface area contributed by atoms with Crippen LogP contribution in [0.3, 0.4) is 0 Å². The smallest absolute Gasteiger partial charge is 0.251 e. The SMILES string of the molecule is CN(C)CC1(c2ccc(C(=O)NCCNC(=O)c3ccc4c(Cl)c[nH]c4c3)cc2)CC1. The monoisotopic (exact) mass is 438 g/mol. The second kappa shape index (κ2) is 8.73. The minimum Gasteiger partial charge on any atom is -0.360 e. The molecule has 3 N–H and O–H groups in total. The van der Waals surface area contributed by atoms with Gasteiger partial charge in [-0.15, -0.1) is 0 Å². The molecule has 4 rings (SSSR count). The molecule has 3 aromatic rings. The molecule has 0 unspecified atom stereocenters. The van der Waals surface area contributed by atoms with Crippen LogP contribution in [0.15, 0.2) is 48.7 Å². The molecule has 1 aliphatic carbocycles. The third kappa shape index (κ3) is 4.75. The van der Waals surface area contributed by atoms with Gasteiger partial charge in [0.15, 0.2) is 0 Å². The largest absolute Gasteiger partial charge is 0.360 e. The lowest BCUT2D eigenvalue weighted by Crippen LogP contribution is -2.34. The Bertz CT molecular complexity index is 1100. The minimum absolute atomic E-state index is 0.138. The van der Waals surface area contributed by atoms with Crippen LogP contribution in [-0.2, 0) is 5.41 Å². The molecule has 0 atom stereocenters. The number of aromatic amines is 1. The van der Waals surface area contributed by atoms with Gasteiger partial charge in [-0.3, -0.25) is 9.59 Å². The van der Waals surface area contributed by atoms with E-state index in [0.29, 0.717) is 29.2 Å². The number of likely N-dealkylation sites (N-methyl/N-ethyl adjacent to an activating group) is 1. The van der Waals surface area contributed by atoms with E-state index in [0.717, 1.165) is 17.4 Å². The summed E-state index contributed by atoms with van der Waals surface area (Å²) in [6, 6.07) is 13.2. The first-order chi connectivity index (χ1) is 14.9. The second-order valence-electron chi connectivity index (χ2n) is 8.50. The summed E-state index contributed by atoms with van der Waals surface area (Å²) in [7, 11) is 4.18. The third-order valence-corrected chi connectivity index (χ3v) is 6.13. The predicted octanol–water partition coefficient (Wildman–Crippen LogP) is 3.57. The van der Waals surface area contributed by atoms with E-state index >= 15 is 0 Å². The highest BCUT2D eigenvalue weighted by molar-refractivity contribution is 6.35. The molecule has 0 radical (unpaired) electrons. The number of carbonyl (C=O) groups excluding carboxylic acids is 2. The molecule has 31 heavy (non-hydrogen) atoms. The number of amides is 2. The summed E-state index contributed by atoms with van der Waals surface area (Å²) in [5.41, 5.74) is 3.53. The lowest BCUT2D eigenvalue weighted by Gasteiger charge is -2.20. The zero-order valence-corrected chi connectivity index (χ0v) is 18.6. The van der Waals surface area contributed by atoms with Gasteiger partial charge >= 0.3 is 0 Å². The van der Waals surface area contributed by atoms with Crippen molar-refractivity contribution in [3.8, 4) is 0 Å². The topological polar surface area (TPSA) is 77.2 Å². The Labute approximate surface area is 187 Å². The van der Waals surface area contributed by atoms with Gasteiger partial charge in [-0.05, 0) is 56.8 Å². The highest BCUT2D eigenvalue weighted by atomic mass is 35.5. The number of fused-ring (bicyclic) bond motifs is 1. The molecule has 2 aromatic carbocycles. The van der Waals surface area contributed by atoms with Gasteiger partial charge in [-0.2, -0.15) is 0 Å². The van der Waals surface area contributed by atoms with Gasteiger partial charge in [0.1, 0.15) is 0 Å². The molecule has 1 fully saturated rings. The molecule has 1 heterocycles. The lowest BCUT2D eigenvalue weighted by atomic mass is 9.94. The first-order valence-corrected chi connectivity index (χ1v) is 10.8. The molecule has 6 nitrogen and oxygen atoms in total. The highest BCUT2D eigenvalue weighted by Crippen LogP contribution is 2.48. The quantitative estimate of drug-likeness (QED) is 0.470. The maximum atomic E-state index is 12.4. The Morgan fingerprint density at radius 3 is 2.23 bits per heavy atom. The number of aromatic nitrogens is 1. The fourth-order valence-corrected chi connectivity index (χ4v) is 4.28. The van der Waals surface area contributed by atoms with E-state index in [4.69, 9.17) is 11.6 Å². The summed E-state index contributed by atoms with van der Waals surface area (Å²) < 4.78 is 0. The van der Waals surface area contributed by atoms with Crippen molar-refractivity contribution < 1.29 is 9.59 Å². The molecule has 0 spiro atoms. The van der Waals surface area contributed by atoms with Crippen molar-refractivity contribution >= 4 is 34.3 Å². The van der Waals surface area contributed by atoms with Crippen molar-refractivity contribution in [2.24, 2.45) is 0 Å². The van der Waals surface area contributed by atoms with E-state index in [-0.39, 0.29) is 17.2 Å². The van der Waals surface area contributed by atoms with Crippen molar-refractivity contribution in [1.29, 1.82) is 0 Å². The first kappa shape index (κ1) is 21.4. The Balaban J connectivity index is 1.25. The zero-order chi connectivity index (χ0) is 22.0. The van der Waals surface area contributed by atoms with Crippen LogP contribution in [0.25, 0.3) is 10.9 Å². The number of benzene rings is 2. The molecule has 162 valence electrons. The molecule has 0 saturated heterocycles. The average molecular weight is 439 g/mol. The zero-order valence-electron chi connectivity index (χ0n) is 17.8.